The molecule has 0 amide bonds. The fourth-order valence-corrected chi connectivity index (χ4v) is 2.05. The molecule has 1 aromatic heterocycles. The maximum absolute atomic E-state index is 9.15. The molecule has 1 heterocycles. The molecule has 0 aliphatic heterocycles. The highest BCUT2D eigenvalue weighted by molar-refractivity contribution is 5.61. The molecule has 0 spiro atoms. The van der Waals surface area contributed by atoms with E-state index in [9.17, 15) is 0 Å². The summed E-state index contributed by atoms with van der Waals surface area (Å²) in [6, 6.07) is 9.90. The molecule has 2 N–H and O–H groups in total. The minimum absolute atomic E-state index is 0.131. The van der Waals surface area contributed by atoms with Crippen LogP contribution < -0.4 is 10.2 Å². The van der Waals surface area contributed by atoms with Gasteiger partial charge in [-0.3, -0.25) is 0 Å². The van der Waals surface area contributed by atoms with Crippen LogP contribution in [0.15, 0.2) is 30.3 Å². The van der Waals surface area contributed by atoms with Gasteiger partial charge in [0, 0.05) is 38.1 Å². The number of hydrogen-bond donors (Lipinski definition) is 2. The molecule has 0 bridgehead atoms. The summed E-state index contributed by atoms with van der Waals surface area (Å²) in [5.41, 5.74) is 3.04. The van der Waals surface area contributed by atoms with Gasteiger partial charge in [-0.2, -0.15) is 4.98 Å². The second-order valence-corrected chi connectivity index (χ2v) is 5.05. The van der Waals surface area contributed by atoms with Crippen LogP contribution in [0.3, 0.4) is 0 Å². The van der Waals surface area contributed by atoms with E-state index < -0.39 is 0 Å². The number of hydrogen-bond acceptors (Lipinski definition) is 5. The molecule has 1 aromatic carbocycles. The van der Waals surface area contributed by atoms with E-state index in [2.05, 4.69) is 22.2 Å². The van der Waals surface area contributed by atoms with Gasteiger partial charge in [0.05, 0.1) is 0 Å². The summed E-state index contributed by atoms with van der Waals surface area (Å²) in [6.45, 7) is 2.21. The van der Waals surface area contributed by atoms with Crippen LogP contribution in [0.5, 0.6) is 0 Å². The average Bonchev–Trinajstić information content (AvgIpc) is 2.49. The van der Waals surface area contributed by atoms with Crippen LogP contribution in [0.25, 0.3) is 0 Å². The molecule has 0 atom stereocenters. The van der Waals surface area contributed by atoms with Crippen molar-refractivity contribution >= 4 is 17.5 Å². The lowest BCUT2D eigenvalue weighted by atomic mass is 10.1. The van der Waals surface area contributed by atoms with Crippen LogP contribution in [0.4, 0.5) is 17.5 Å². The number of aryl methyl sites for hydroxylation is 1. The number of rotatable bonds is 6. The van der Waals surface area contributed by atoms with Gasteiger partial charge in [-0.1, -0.05) is 25.1 Å². The van der Waals surface area contributed by atoms with Gasteiger partial charge in [0.15, 0.2) is 0 Å². The highest BCUT2D eigenvalue weighted by atomic mass is 16.2. The van der Waals surface area contributed by atoms with Gasteiger partial charge in [-0.25, -0.2) is 4.98 Å². The molecule has 5 nitrogen and oxygen atoms in total. The van der Waals surface area contributed by atoms with Crippen molar-refractivity contribution in [2.75, 3.05) is 30.9 Å². The number of nitrogens with one attached hydrogen (secondary N) is 1. The Morgan fingerprint density at radius 3 is 2.62 bits per heavy atom. The third-order valence-electron chi connectivity index (χ3n) is 3.19. The summed E-state index contributed by atoms with van der Waals surface area (Å²) in [5.74, 6) is 1.47. The average molecular weight is 286 g/mol. The zero-order valence-corrected chi connectivity index (χ0v) is 12.8. The van der Waals surface area contributed by atoms with Crippen molar-refractivity contribution in [3.8, 4) is 0 Å². The summed E-state index contributed by atoms with van der Waals surface area (Å²) in [7, 11) is 3.86. The van der Waals surface area contributed by atoms with E-state index in [-0.39, 0.29) is 6.61 Å². The summed E-state index contributed by atoms with van der Waals surface area (Å²) in [5, 5.41) is 12.5. The molecule has 112 valence electrons. The van der Waals surface area contributed by atoms with E-state index in [0.717, 1.165) is 29.2 Å². The Hall–Kier alpha value is -2.14. The molecule has 21 heavy (non-hydrogen) atoms. The van der Waals surface area contributed by atoms with Crippen LogP contribution in [0, 0.1) is 0 Å². The lowest BCUT2D eigenvalue weighted by molar-refractivity contribution is 0.300. The number of aromatic nitrogens is 2. The number of nitrogens with zero attached hydrogens (tertiary/aromatic N) is 3. The minimum Gasteiger partial charge on any atom is -0.396 e. The maximum Gasteiger partial charge on any atom is 0.227 e. The highest BCUT2D eigenvalue weighted by Gasteiger charge is 2.07. The Labute approximate surface area is 125 Å². The molecule has 0 fully saturated rings. The predicted molar refractivity (Wildman–Crippen MR) is 86.3 cm³/mol. The molecule has 0 aliphatic carbocycles. The van der Waals surface area contributed by atoms with Crippen molar-refractivity contribution in [1.82, 2.24) is 9.97 Å². The maximum atomic E-state index is 9.15. The Balaban J connectivity index is 2.32. The van der Waals surface area contributed by atoms with Crippen LogP contribution in [0.2, 0.25) is 0 Å². The third kappa shape index (κ3) is 3.92. The Morgan fingerprint density at radius 2 is 1.95 bits per heavy atom. The van der Waals surface area contributed by atoms with Gasteiger partial charge >= 0.3 is 0 Å². The second kappa shape index (κ2) is 7.04. The second-order valence-electron chi connectivity index (χ2n) is 5.05. The zero-order chi connectivity index (χ0) is 15.2. The Morgan fingerprint density at radius 1 is 1.19 bits per heavy atom. The van der Waals surface area contributed by atoms with E-state index in [1.165, 1.54) is 0 Å². The van der Waals surface area contributed by atoms with Gasteiger partial charge in [-0.05, 0) is 24.5 Å². The third-order valence-corrected chi connectivity index (χ3v) is 3.19. The first-order valence-electron chi connectivity index (χ1n) is 7.15. The molecule has 0 saturated carbocycles. The first-order chi connectivity index (χ1) is 10.1. The number of aliphatic hydroxyl groups is 1. The van der Waals surface area contributed by atoms with Gasteiger partial charge in [0.2, 0.25) is 5.95 Å². The van der Waals surface area contributed by atoms with Crippen LogP contribution >= 0.6 is 0 Å². The largest absolute Gasteiger partial charge is 0.396 e. The summed E-state index contributed by atoms with van der Waals surface area (Å²) in [6.07, 6.45) is 1.48. The normalized spacial score (nSPS) is 10.5. The van der Waals surface area contributed by atoms with Crippen molar-refractivity contribution in [2.45, 2.75) is 19.8 Å². The smallest absolute Gasteiger partial charge is 0.227 e. The standard InChI is InChI=1S/C16H22N4O/c1-4-13-11-15(19-16(17-13)20(2)3)18-14-8-6-5-7-12(14)9-10-21/h5-8,11,21H,4,9-10H2,1-3H3,(H,17,18,19). The number of anilines is 3. The van der Waals surface area contributed by atoms with Crippen molar-refractivity contribution in [1.29, 1.82) is 0 Å². The highest BCUT2D eigenvalue weighted by Crippen LogP contribution is 2.22. The number of para-hydroxylation sites is 1. The quantitative estimate of drug-likeness (QED) is 0.854. The fraction of sp³-hybridized carbons (Fsp3) is 0.375. The molecular weight excluding hydrogens is 264 g/mol. The molecule has 2 rings (SSSR count). The van der Waals surface area contributed by atoms with E-state index in [1.54, 1.807) is 0 Å². The summed E-state index contributed by atoms with van der Waals surface area (Å²) < 4.78 is 0. The minimum atomic E-state index is 0.131. The van der Waals surface area contributed by atoms with Crippen LogP contribution in [-0.2, 0) is 12.8 Å². The molecule has 5 heteroatoms. The van der Waals surface area contributed by atoms with Crippen molar-refractivity contribution in [2.24, 2.45) is 0 Å². The lowest BCUT2D eigenvalue weighted by Crippen LogP contribution is -2.14. The van der Waals surface area contributed by atoms with Gasteiger partial charge < -0.3 is 15.3 Å². The predicted octanol–water partition coefficient (Wildman–Crippen LogP) is 2.38. The molecule has 0 unspecified atom stereocenters. The van der Waals surface area contributed by atoms with E-state index in [1.807, 2.05) is 49.3 Å². The van der Waals surface area contributed by atoms with E-state index in [4.69, 9.17) is 5.11 Å². The van der Waals surface area contributed by atoms with E-state index >= 15 is 0 Å². The van der Waals surface area contributed by atoms with Gasteiger partial charge in [0.1, 0.15) is 5.82 Å². The van der Waals surface area contributed by atoms with Crippen molar-refractivity contribution in [3.63, 3.8) is 0 Å². The zero-order valence-electron chi connectivity index (χ0n) is 12.8. The lowest BCUT2D eigenvalue weighted by Gasteiger charge is -2.15. The number of aliphatic hydroxyl groups excluding tert-OH is 1. The topological polar surface area (TPSA) is 61.3 Å². The molecule has 2 aromatic rings. The van der Waals surface area contributed by atoms with E-state index in [0.29, 0.717) is 12.4 Å². The molecular formula is C16H22N4O. The fourth-order valence-electron chi connectivity index (χ4n) is 2.05. The first kappa shape index (κ1) is 15.3. The summed E-state index contributed by atoms with van der Waals surface area (Å²) in [4.78, 5) is 10.9. The Kier molecular flexibility index (Phi) is 5.11. The van der Waals surface area contributed by atoms with Gasteiger partial charge in [0.25, 0.3) is 0 Å². The van der Waals surface area contributed by atoms with Crippen LogP contribution in [0.1, 0.15) is 18.2 Å². The SMILES string of the molecule is CCc1cc(Nc2ccccc2CCO)nc(N(C)C)n1. The number of benzene rings is 1. The molecule has 0 aliphatic rings. The van der Waals surface area contributed by atoms with Crippen molar-refractivity contribution in [3.05, 3.63) is 41.6 Å². The summed E-state index contributed by atoms with van der Waals surface area (Å²) >= 11 is 0. The van der Waals surface area contributed by atoms with Crippen LogP contribution in [-0.4, -0.2) is 35.8 Å². The van der Waals surface area contributed by atoms with Gasteiger partial charge in [-0.15, -0.1) is 0 Å². The van der Waals surface area contributed by atoms with Crippen molar-refractivity contribution < 1.29 is 5.11 Å². The Bertz CT molecular complexity index is 599. The molecule has 0 radical (unpaired) electrons. The monoisotopic (exact) mass is 286 g/mol. The molecule has 0 saturated heterocycles. The first-order valence-corrected chi connectivity index (χ1v) is 7.15.